The van der Waals surface area contributed by atoms with Gasteiger partial charge in [-0.2, -0.15) is 0 Å². The second kappa shape index (κ2) is 7.28. The molecule has 0 bridgehead atoms. The summed E-state index contributed by atoms with van der Waals surface area (Å²) >= 11 is 0. The van der Waals surface area contributed by atoms with Gasteiger partial charge >= 0.3 is 5.97 Å². The largest absolute Gasteiger partial charge is 0.468 e. The summed E-state index contributed by atoms with van der Waals surface area (Å²) in [5.41, 5.74) is 0.948. The second-order valence-corrected chi connectivity index (χ2v) is 7.49. The first kappa shape index (κ1) is 18.5. The van der Waals surface area contributed by atoms with Gasteiger partial charge in [0.2, 0.25) is 0 Å². The molecule has 2 saturated heterocycles. The molecule has 2 heterocycles. The van der Waals surface area contributed by atoms with Gasteiger partial charge in [-0.05, 0) is 48.9 Å². The maximum atomic E-state index is 12.9. The van der Waals surface area contributed by atoms with Crippen LogP contribution < -0.4 is 4.74 Å². The molecule has 0 radical (unpaired) electrons. The monoisotopic (exact) mass is 381 g/mol. The molecule has 2 aromatic carbocycles. The number of carbonyl (C=O) groups is 2. The molecule has 0 saturated carbocycles. The Morgan fingerprint density at radius 2 is 1.93 bits per heavy atom. The molecule has 6 heteroatoms. The summed E-state index contributed by atoms with van der Waals surface area (Å²) in [7, 11) is 1.38. The molecule has 2 fully saturated rings. The molecule has 2 aliphatic rings. The van der Waals surface area contributed by atoms with Crippen molar-refractivity contribution in [2.75, 3.05) is 33.4 Å². The number of fused-ring (bicyclic) bond motifs is 1. The Balaban J connectivity index is 1.46. The lowest BCUT2D eigenvalue weighted by Crippen LogP contribution is -2.41. The number of nitrogens with zero attached hydrogens (tertiary/aromatic N) is 1. The number of likely N-dealkylation sites (tertiary alicyclic amines) is 1. The average Bonchev–Trinajstić information content (AvgIpc) is 3.26. The maximum Gasteiger partial charge on any atom is 0.316 e. The Kier molecular flexibility index (Phi) is 4.81. The van der Waals surface area contributed by atoms with E-state index in [2.05, 4.69) is 0 Å². The number of carbonyl (C=O) groups excluding carboxylic acids is 2. The number of methoxy groups -OCH3 is 1. The zero-order valence-electron chi connectivity index (χ0n) is 16.0. The quantitative estimate of drug-likeness (QED) is 0.762. The molecule has 146 valence electrons. The number of ether oxygens (including phenoxy) is 3. The van der Waals surface area contributed by atoms with Crippen LogP contribution in [0.2, 0.25) is 0 Å². The molecule has 0 aromatic heterocycles. The summed E-state index contributed by atoms with van der Waals surface area (Å²) in [4.78, 5) is 27.0. The molecule has 28 heavy (non-hydrogen) atoms. The third kappa shape index (κ3) is 3.24. The van der Waals surface area contributed by atoms with Gasteiger partial charge in [0.25, 0.3) is 5.91 Å². The Morgan fingerprint density at radius 1 is 1.14 bits per heavy atom. The van der Waals surface area contributed by atoms with Gasteiger partial charge in [-0.1, -0.05) is 12.1 Å². The van der Waals surface area contributed by atoms with E-state index in [1.165, 1.54) is 7.11 Å². The van der Waals surface area contributed by atoms with E-state index in [9.17, 15) is 9.59 Å². The molecule has 0 unspecified atom stereocenters. The van der Waals surface area contributed by atoms with Crippen LogP contribution in [0.25, 0.3) is 0 Å². The van der Waals surface area contributed by atoms with Crippen LogP contribution in [0.15, 0.2) is 48.5 Å². The van der Waals surface area contributed by atoms with Gasteiger partial charge in [0, 0.05) is 24.6 Å². The zero-order chi connectivity index (χ0) is 19.7. The summed E-state index contributed by atoms with van der Waals surface area (Å²) in [6.07, 6.45) is 0. The first-order valence-electron chi connectivity index (χ1n) is 9.32. The molecular formula is C22H23NO5. The summed E-state index contributed by atoms with van der Waals surface area (Å²) in [5.74, 6) is 1.01. The number of amides is 1. The van der Waals surface area contributed by atoms with Gasteiger partial charge in [0.15, 0.2) is 0 Å². The Morgan fingerprint density at radius 3 is 2.64 bits per heavy atom. The van der Waals surface area contributed by atoms with Gasteiger partial charge in [0.1, 0.15) is 16.9 Å². The van der Waals surface area contributed by atoms with Crippen LogP contribution in [0, 0.1) is 18.3 Å². The van der Waals surface area contributed by atoms with E-state index >= 15 is 0 Å². The Hall–Kier alpha value is -2.86. The van der Waals surface area contributed by atoms with Gasteiger partial charge < -0.3 is 19.1 Å². The first-order valence-corrected chi connectivity index (χ1v) is 9.32. The van der Waals surface area contributed by atoms with Crippen LogP contribution >= 0.6 is 0 Å². The van der Waals surface area contributed by atoms with E-state index in [4.69, 9.17) is 14.2 Å². The maximum absolute atomic E-state index is 12.9. The first-order chi connectivity index (χ1) is 13.5. The lowest BCUT2D eigenvalue weighted by molar-refractivity contribution is -0.153. The van der Waals surface area contributed by atoms with Crippen LogP contribution in [-0.4, -0.2) is 50.2 Å². The number of esters is 1. The number of rotatable bonds is 4. The van der Waals surface area contributed by atoms with Crippen LogP contribution in [0.5, 0.6) is 11.5 Å². The third-order valence-corrected chi connectivity index (χ3v) is 5.58. The highest BCUT2D eigenvalue weighted by Crippen LogP contribution is 2.42. The smallest absolute Gasteiger partial charge is 0.316 e. The van der Waals surface area contributed by atoms with Crippen LogP contribution in [0.1, 0.15) is 15.9 Å². The predicted molar refractivity (Wildman–Crippen MR) is 102 cm³/mol. The fraction of sp³-hybridized carbons (Fsp3) is 0.364. The molecule has 2 aliphatic heterocycles. The predicted octanol–water partition coefficient (Wildman–Crippen LogP) is 3.05. The van der Waals surface area contributed by atoms with E-state index in [1.54, 1.807) is 29.2 Å². The average molecular weight is 381 g/mol. The minimum absolute atomic E-state index is 0.0205. The molecular weight excluding hydrogens is 358 g/mol. The Labute approximate surface area is 164 Å². The van der Waals surface area contributed by atoms with Crippen molar-refractivity contribution in [2.24, 2.45) is 11.3 Å². The van der Waals surface area contributed by atoms with Crippen LogP contribution in [0.4, 0.5) is 0 Å². The fourth-order valence-corrected chi connectivity index (χ4v) is 4.05. The molecule has 4 rings (SSSR count). The molecule has 0 aliphatic carbocycles. The molecule has 0 N–H and O–H groups in total. The number of hydrogen-bond donors (Lipinski definition) is 0. The highest BCUT2D eigenvalue weighted by Gasteiger charge is 2.57. The lowest BCUT2D eigenvalue weighted by Gasteiger charge is -2.23. The lowest BCUT2D eigenvalue weighted by atomic mass is 9.81. The number of benzene rings is 2. The van der Waals surface area contributed by atoms with E-state index in [-0.39, 0.29) is 17.8 Å². The zero-order valence-corrected chi connectivity index (χ0v) is 16.0. The van der Waals surface area contributed by atoms with Crippen molar-refractivity contribution in [1.29, 1.82) is 0 Å². The van der Waals surface area contributed by atoms with Crippen molar-refractivity contribution in [2.45, 2.75) is 6.92 Å². The summed E-state index contributed by atoms with van der Waals surface area (Å²) in [6, 6.07) is 14.9. The molecule has 1 amide bonds. The van der Waals surface area contributed by atoms with Crippen molar-refractivity contribution in [3.05, 3.63) is 59.7 Å². The van der Waals surface area contributed by atoms with Gasteiger partial charge in [0.05, 0.1) is 20.3 Å². The summed E-state index contributed by atoms with van der Waals surface area (Å²) < 4.78 is 16.3. The van der Waals surface area contributed by atoms with Crippen LogP contribution in [0.3, 0.4) is 0 Å². The van der Waals surface area contributed by atoms with E-state index in [1.807, 2.05) is 31.2 Å². The minimum atomic E-state index is -0.737. The molecule has 2 aromatic rings. The van der Waals surface area contributed by atoms with Crippen molar-refractivity contribution >= 4 is 11.9 Å². The fourth-order valence-electron chi connectivity index (χ4n) is 4.05. The van der Waals surface area contributed by atoms with Gasteiger partial charge in [-0.3, -0.25) is 9.59 Å². The van der Waals surface area contributed by atoms with Gasteiger partial charge in [-0.25, -0.2) is 0 Å². The number of hydrogen-bond acceptors (Lipinski definition) is 5. The molecule has 2 atom stereocenters. The Bertz CT molecular complexity index is 894. The van der Waals surface area contributed by atoms with Crippen molar-refractivity contribution in [3.8, 4) is 11.5 Å². The summed E-state index contributed by atoms with van der Waals surface area (Å²) in [6.45, 7) is 3.60. The highest BCUT2D eigenvalue weighted by atomic mass is 16.5. The van der Waals surface area contributed by atoms with Crippen LogP contribution in [-0.2, 0) is 14.3 Å². The normalized spacial score (nSPS) is 23.4. The standard InChI is InChI=1S/C22H23NO5/c1-15-4-3-5-19(10-15)28-18-8-6-16(7-9-18)20(24)23-11-17-12-27-14-22(17,13-23)21(25)26-2/h3-10,17H,11-14H2,1-2H3/t17-,22-/m0/s1. The molecule has 0 spiro atoms. The topological polar surface area (TPSA) is 65.1 Å². The van der Waals surface area contributed by atoms with E-state index in [0.717, 1.165) is 11.3 Å². The second-order valence-electron chi connectivity index (χ2n) is 7.49. The van der Waals surface area contributed by atoms with Gasteiger partial charge in [-0.15, -0.1) is 0 Å². The van der Waals surface area contributed by atoms with Crippen molar-refractivity contribution < 1.29 is 23.8 Å². The minimum Gasteiger partial charge on any atom is -0.468 e. The van der Waals surface area contributed by atoms with E-state index < -0.39 is 5.41 Å². The number of aryl methyl sites for hydroxylation is 1. The third-order valence-electron chi connectivity index (χ3n) is 5.58. The highest BCUT2D eigenvalue weighted by molar-refractivity contribution is 5.95. The van der Waals surface area contributed by atoms with Crippen molar-refractivity contribution in [3.63, 3.8) is 0 Å². The molecule has 6 nitrogen and oxygen atoms in total. The summed E-state index contributed by atoms with van der Waals surface area (Å²) in [5, 5.41) is 0. The van der Waals surface area contributed by atoms with E-state index in [0.29, 0.717) is 37.6 Å². The van der Waals surface area contributed by atoms with Crippen molar-refractivity contribution in [1.82, 2.24) is 4.90 Å². The SMILES string of the molecule is COC(=O)[C@@]12COC[C@@H]1CN(C(=O)c1ccc(Oc3cccc(C)c3)cc1)C2.